The van der Waals surface area contributed by atoms with E-state index in [1.807, 2.05) is 18.3 Å². The number of nitrogens with zero attached hydrogens (tertiary/aromatic N) is 1. The van der Waals surface area contributed by atoms with Crippen molar-refractivity contribution in [1.82, 2.24) is 4.98 Å². The first-order chi connectivity index (χ1) is 8.27. The smallest absolute Gasteiger partial charge is 0.197 e. The van der Waals surface area contributed by atoms with E-state index in [-0.39, 0.29) is 12.0 Å². The number of hydrogen-bond donors (Lipinski definition) is 1. The van der Waals surface area contributed by atoms with Gasteiger partial charge >= 0.3 is 0 Å². The number of fused-ring (bicyclic) bond motifs is 1. The predicted octanol–water partition coefficient (Wildman–Crippen LogP) is 3.06. The van der Waals surface area contributed by atoms with E-state index in [2.05, 4.69) is 11.1 Å². The van der Waals surface area contributed by atoms with Crippen LogP contribution in [0.2, 0.25) is 5.22 Å². The number of rotatable bonds is 2. The minimum absolute atomic E-state index is 0.141. The zero-order valence-electron chi connectivity index (χ0n) is 9.27. The Kier molecular flexibility index (Phi) is 2.65. The minimum Gasteiger partial charge on any atom is -0.453 e. The highest BCUT2D eigenvalue weighted by Gasteiger charge is 2.31. The van der Waals surface area contributed by atoms with Gasteiger partial charge in [0.05, 0.1) is 6.26 Å². The Bertz CT molecular complexity index is 538. The molecule has 88 valence electrons. The van der Waals surface area contributed by atoms with E-state index >= 15 is 0 Å². The fourth-order valence-electron chi connectivity index (χ4n) is 2.55. The second-order valence-electron chi connectivity index (χ2n) is 4.37. The zero-order valence-corrected chi connectivity index (χ0v) is 10.0. The largest absolute Gasteiger partial charge is 0.453 e. The summed E-state index contributed by atoms with van der Waals surface area (Å²) in [5.41, 5.74) is 9.55. The first-order valence-electron chi connectivity index (χ1n) is 5.69. The van der Waals surface area contributed by atoms with Crippen molar-refractivity contribution in [2.45, 2.75) is 24.8 Å². The van der Waals surface area contributed by atoms with Gasteiger partial charge < -0.3 is 10.2 Å². The van der Waals surface area contributed by atoms with Crippen molar-refractivity contribution in [2.75, 3.05) is 0 Å². The summed E-state index contributed by atoms with van der Waals surface area (Å²) in [5.74, 6) is 0.237. The van der Waals surface area contributed by atoms with Gasteiger partial charge in [-0.25, -0.2) is 0 Å². The lowest BCUT2D eigenvalue weighted by molar-refractivity contribution is 0.522. The molecule has 0 fully saturated rings. The highest BCUT2D eigenvalue weighted by molar-refractivity contribution is 6.29. The van der Waals surface area contributed by atoms with Gasteiger partial charge in [0.2, 0.25) is 0 Å². The fourth-order valence-corrected chi connectivity index (χ4v) is 2.79. The SMILES string of the molecule is NC(c1ccoc1Cl)C1CCc2cccnc21. The van der Waals surface area contributed by atoms with E-state index in [0.717, 1.165) is 24.1 Å². The van der Waals surface area contributed by atoms with Crippen molar-refractivity contribution < 1.29 is 4.42 Å². The lowest BCUT2D eigenvalue weighted by Gasteiger charge is -2.18. The van der Waals surface area contributed by atoms with Gasteiger partial charge in [-0.1, -0.05) is 6.07 Å². The predicted molar refractivity (Wildman–Crippen MR) is 65.9 cm³/mol. The van der Waals surface area contributed by atoms with Gasteiger partial charge in [0.15, 0.2) is 5.22 Å². The average molecular weight is 249 g/mol. The van der Waals surface area contributed by atoms with E-state index in [0.29, 0.717) is 5.22 Å². The monoisotopic (exact) mass is 248 g/mol. The van der Waals surface area contributed by atoms with Crippen LogP contribution in [0.4, 0.5) is 0 Å². The van der Waals surface area contributed by atoms with Crippen molar-refractivity contribution in [3.05, 3.63) is 52.7 Å². The van der Waals surface area contributed by atoms with Crippen LogP contribution >= 0.6 is 11.6 Å². The Hall–Kier alpha value is -1.32. The van der Waals surface area contributed by atoms with Crippen LogP contribution in [0.1, 0.15) is 35.2 Å². The summed E-state index contributed by atoms with van der Waals surface area (Å²) in [6, 6.07) is 5.79. The molecule has 0 radical (unpaired) electrons. The molecule has 0 saturated heterocycles. The lowest BCUT2D eigenvalue weighted by Crippen LogP contribution is -2.18. The van der Waals surface area contributed by atoms with Gasteiger partial charge in [-0.15, -0.1) is 0 Å². The molecule has 0 amide bonds. The first-order valence-corrected chi connectivity index (χ1v) is 6.07. The number of furan rings is 1. The number of halogens is 1. The molecule has 2 unspecified atom stereocenters. The third kappa shape index (κ3) is 1.75. The molecule has 4 heteroatoms. The van der Waals surface area contributed by atoms with Gasteiger partial charge in [-0.2, -0.15) is 0 Å². The molecule has 2 N–H and O–H groups in total. The lowest BCUT2D eigenvalue weighted by atomic mass is 9.93. The molecule has 0 bridgehead atoms. The summed E-state index contributed by atoms with van der Waals surface area (Å²) < 4.78 is 5.10. The van der Waals surface area contributed by atoms with Crippen LogP contribution < -0.4 is 5.73 Å². The molecule has 1 aliphatic carbocycles. The minimum atomic E-state index is -0.141. The van der Waals surface area contributed by atoms with Crippen molar-refractivity contribution in [3.63, 3.8) is 0 Å². The number of aromatic nitrogens is 1. The van der Waals surface area contributed by atoms with Crippen molar-refractivity contribution in [3.8, 4) is 0 Å². The van der Waals surface area contributed by atoms with Gasteiger partial charge in [0.1, 0.15) is 0 Å². The molecule has 1 aliphatic rings. The molecule has 2 heterocycles. The standard InChI is InChI=1S/C13H13ClN2O/c14-13-10(5-7-17-13)11(15)9-4-3-8-2-1-6-16-12(8)9/h1-2,5-7,9,11H,3-4,15H2. The van der Waals surface area contributed by atoms with Crippen LogP contribution in [0.15, 0.2) is 35.1 Å². The maximum atomic E-state index is 6.28. The Balaban J connectivity index is 1.95. The molecule has 0 saturated carbocycles. The van der Waals surface area contributed by atoms with Crippen molar-refractivity contribution in [2.24, 2.45) is 5.73 Å². The maximum absolute atomic E-state index is 6.28. The second kappa shape index (κ2) is 4.17. The molecule has 2 aromatic rings. The Morgan fingerprint density at radius 3 is 3.12 bits per heavy atom. The summed E-state index contributed by atoms with van der Waals surface area (Å²) >= 11 is 5.97. The molecule has 2 aromatic heterocycles. The first kappa shape index (κ1) is 10.8. The van der Waals surface area contributed by atoms with Crippen molar-refractivity contribution in [1.29, 1.82) is 0 Å². The summed E-state index contributed by atoms with van der Waals surface area (Å²) in [6.07, 6.45) is 5.46. The van der Waals surface area contributed by atoms with Crippen LogP contribution in [-0.4, -0.2) is 4.98 Å². The van der Waals surface area contributed by atoms with Crippen molar-refractivity contribution >= 4 is 11.6 Å². The number of nitrogens with two attached hydrogens (primary N) is 1. The van der Waals surface area contributed by atoms with E-state index in [9.17, 15) is 0 Å². The number of aryl methyl sites for hydroxylation is 1. The molecular weight excluding hydrogens is 236 g/mol. The number of pyridine rings is 1. The molecule has 3 rings (SSSR count). The average Bonchev–Trinajstić information content (AvgIpc) is 2.94. The van der Waals surface area contributed by atoms with Crippen LogP contribution in [0.25, 0.3) is 0 Å². The summed E-state index contributed by atoms with van der Waals surface area (Å²) in [7, 11) is 0. The van der Waals surface area contributed by atoms with E-state index in [4.69, 9.17) is 21.8 Å². The van der Waals surface area contributed by atoms with E-state index in [1.165, 1.54) is 5.56 Å². The summed E-state index contributed by atoms with van der Waals surface area (Å²) in [5, 5.41) is 0.391. The fraction of sp³-hybridized carbons (Fsp3) is 0.308. The van der Waals surface area contributed by atoms with Crippen LogP contribution in [-0.2, 0) is 6.42 Å². The Morgan fingerprint density at radius 1 is 1.47 bits per heavy atom. The molecular formula is C13H13ClN2O. The topological polar surface area (TPSA) is 52.0 Å². The molecule has 0 aliphatic heterocycles. The van der Waals surface area contributed by atoms with Gasteiger partial charge in [-0.05, 0) is 42.1 Å². The second-order valence-corrected chi connectivity index (χ2v) is 4.71. The quantitative estimate of drug-likeness (QED) is 0.889. The molecule has 0 spiro atoms. The zero-order chi connectivity index (χ0) is 11.8. The van der Waals surface area contributed by atoms with Crippen LogP contribution in [0.3, 0.4) is 0 Å². The third-order valence-electron chi connectivity index (χ3n) is 3.44. The third-order valence-corrected chi connectivity index (χ3v) is 3.75. The molecule has 2 atom stereocenters. The van der Waals surface area contributed by atoms with E-state index in [1.54, 1.807) is 6.26 Å². The van der Waals surface area contributed by atoms with Gasteiger partial charge in [0, 0.05) is 29.4 Å². The van der Waals surface area contributed by atoms with Crippen LogP contribution in [0, 0.1) is 0 Å². The Morgan fingerprint density at radius 2 is 2.35 bits per heavy atom. The molecule has 3 nitrogen and oxygen atoms in total. The van der Waals surface area contributed by atoms with Gasteiger partial charge in [0.25, 0.3) is 0 Å². The highest BCUT2D eigenvalue weighted by atomic mass is 35.5. The highest BCUT2D eigenvalue weighted by Crippen LogP contribution is 2.40. The number of hydrogen-bond acceptors (Lipinski definition) is 3. The van der Waals surface area contributed by atoms with Crippen LogP contribution in [0.5, 0.6) is 0 Å². The summed E-state index contributed by atoms with van der Waals surface area (Å²) in [6.45, 7) is 0. The summed E-state index contributed by atoms with van der Waals surface area (Å²) in [4.78, 5) is 4.45. The van der Waals surface area contributed by atoms with Gasteiger partial charge in [-0.3, -0.25) is 4.98 Å². The normalized spacial score (nSPS) is 20.2. The van der Waals surface area contributed by atoms with E-state index < -0.39 is 0 Å². The molecule has 17 heavy (non-hydrogen) atoms. The Labute approximate surface area is 105 Å². The maximum Gasteiger partial charge on any atom is 0.197 e. The molecule has 0 aromatic carbocycles.